The number of pyridine rings is 1. The van der Waals surface area contributed by atoms with Gasteiger partial charge in [0, 0.05) is 29.1 Å². The minimum atomic E-state index is 0.270. The molecule has 1 heterocycles. The Morgan fingerprint density at radius 1 is 1.38 bits per heavy atom. The normalized spacial score (nSPS) is 12.9. The van der Waals surface area contributed by atoms with Crippen molar-refractivity contribution in [2.75, 3.05) is 5.75 Å². The highest BCUT2D eigenvalue weighted by molar-refractivity contribution is 7.98. The molecule has 0 spiro atoms. The number of hydrogen-bond donors (Lipinski definition) is 1. The van der Waals surface area contributed by atoms with Gasteiger partial charge >= 0.3 is 0 Å². The van der Waals surface area contributed by atoms with Gasteiger partial charge < -0.3 is 5.73 Å². The third-order valence-corrected chi connectivity index (χ3v) is 3.62. The van der Waals surface area contributed by atoms with E-state index in [4.69, 9.17) is 5.73 Å². The van der Waals surface area contributed by atoms with Gasteiger partial charge in [-0.3, -0.25) is 4.98 Å². The molecule has 3 heteroatoms. The Morgan fingerprint density at radius 3 is 3.06 bits per heavy atom. The Balaban J connectivity index is 2.08. The van der Waals surface area contributed by atoms with E-state index in [1.54, 1.807) is 0 Å². The molecule has 0 bridgehead atoms. The second kappa shape index (κ2) is 5.32. The summed E-state index contributed by atoms with van der Waals surface area (Å²) in [6.07, 6.45) is 1.83. The van der Waals surface area contributed by atoms with Crippen LogP contribution in [0.2, 0.25) is 0 Å². The zero-order valence-corrected chi connectivity index (χ0v) is 10.2. The lowest BCUT2D eigenvalue weighted by Gasteiger charge is -2.05. The maximum atomic E-state index is 5.72. The third kappa shape index (κ3) is 2.97. The Hall–Kier alpha value is -1.06. The number of thioether (sulfide) groups is 1. The average Bonchev–Trinajstić information content (AvgIpc) is 2.28. The highest BCUT2D eigenvalue weighted by atomic mass is 32.2. The maximum Gasteiger partial charge on any atom is 0.0702 e. The molecule has 1 aromatic heterocycles. The Bertz CT molecular complexity index is 468. The van der Waals surface area contributed by atoms with Gasteiger partial charge in [-0.1, -0.05) is 12.1 Å². The summed E-state index contributed by atoms with van der Waals surface area (Å²) in [5.74, 6) is 2.03. The molecular formula is C13H16N2S. The standard InChI is InChI=1S/C13H16N2S/c1-10(14)8-16-9-11-4-5-13-12(7-11)3-2-6-15-13/h2-7,10H,8-9,14H2,1H3. The fraction of sp³-hybridized carbons (Fsp3) is 0.308. The van der Waals surface area contributed by atoms with Crippen LogP contribution < -0.4 is 5.73 Å². The molecule has 0 radical (unpaired) electrons. The molecule has 16 heavy (non-hydrogen) atoms. The summed E-state index contributed by atoms with van der Waals surface area (Å²) in [5, 5.41) is 1.21. The van der Waals surface area contributed by atoms with Crippen LogP contribution in [0.5, 0.6) is 0 Å². The predicted molar refractivity (Wildman–Crippen MR) is 71.6 cm³/mol. The molecule has 2 N–H and O–H groups in total. The molecular weight excluding hydrogens is 216 g/mol. The topological polar surface area (TPSA) is 38.9 Å². The van der Waals surface area contributed by atoms with Gasteiger partial charge in [0.2, 0.25) is 0 Å². The van der Waals surface area contributed by atoms with Crippen molar-refractivity contribution in [2.45, 2.75) is 18.7 Å². The molecule has 1 unspecified atom stereocenters. The van der Waals surface area contributed by atoms with Gasteiger partial charge in [-0.05, 0) is 30.7 Å². The molecule has 2 aromatic rings. The van der Waals surface area contributed by atoms with Gasteiger partial charge in [-0.25, -0.2) is 0 Å². The number of nitrogens with zero attached hydrogens (tertiary/aromatic N) is 1. The fourth-order valence-electron chi connectivity index (χ4n) is 1.58. The van der Waals surface area contributed by atoms with E-state index in [2.05, 4.69) is 29.2 Å². The first kappa shape index (κ1) is 11.4. The summed E-state index contributed by atoms with van der Waals surface area (Å²) < 4.78 is 0. The van der Waals surface area contributed by atoms with Crippen LogP contribution in [-0.2, 0) is 5.75 Å². The van der Waals surface area contributed by atoms with Crippen molar-refractivity contribution in [3.63, 3.8) is 0 Å². The lowest BCUT2D eigenvalue weighted by molar-refractivity contribution is 0.847. The van der Waals surface area contributed by atoms with Crippen LogP contribution in [0.4, 0.5) is 0 Å². The molecule has 1 aromatic carbocycles. The van der Waals surface area contributed by atoms with Crippen molar-refractivity contribution in [3.8, 4) is 0 Å². The Labute approximate surface area is 100 Å². The van der Waals surface area contributed by atoms with Gasteiger partial charge in [-0.15, -0.1) is 0 Å². The fourth-order valence-corrected chi connectivity index (χ4v) is 2.48. The number of fused-ring (bicyclic) bond motifs is 1. The van der Waals surface area contributed by atoms with E-state index in [1.807, 2.05) is 30.9 Å². The summed E-state index contributed by atoms with van der Waals surface area (Å²) in [4.78, 5) is 4.30. The first-order valence-electron chi connectivity index (χ1n) is 5.43. The van der Waals surface area contributed by atoms with Crippen molar-refractivity contribution in [3.05, 3.63) is 42.1 Å². The predicted octanol–water partition coefficient (Wildman–Crippen LogP) is 2.82. The molecule has 0 aliphatic carbocycles. The number of aromatic nitrogens is 1. The van der Waals surface area contributed by atoms with Gasteiger partial charge in [0.05, 0.1) is 5.52 Å². The molecule has 2 nitrogen and oxygen atoms in total. The summed E-state index contributed by atoms with van der Waals surface area (Å²) in [5.41, 5.74) is 8.11. The largest absolute Gasteiger partial charge is 0.327 e. The summed E-state index contributed by atoms with van der Waals surface area (Å²) >= 11 is 1.88. The van der Waals surface area contributed by atoms with E-state index < -0.39 is 0 Å². The molecule has 0 amide bonds. The molecule has 0 aliphatic rings. The quantitative estimate of drug-likeness (QED) is 0.881. The SMILES string of the molecule is CC(N)CSCc1ccc2ncccc2c1. The first-order chi connectivity index (χ1) is 7.75. The second-order valence-corrected chi connectivity index (χ2v) is 5.05. The van der Waals surface area contributed by atoms with Gasteiger partial charge in [-0.2, -0.15) is 11.8 Å². The van der Waals surface area contributed by atoms with Crippen LogP contribution in [0.25, 0.3) is 10.9 Å². The Morgan fingerprint density at radius 2 is 2.25 bits per heavy atom. The first-order valence-corrected chi connectivity index (χ1v) is 6.58. The smallest absolute Gasteiger partial charge is 0.0702 e. The van der Waals surface area contributed by atoms with Crippen LogP contribution in [0.3, 0.4) is 0 Å². The number of rotatable bonds is 4. The highest BCUT2D eigenvalue weighted by Crippen LogP contribution is 2.18. The van der Waals surface area contributed by atoms with Gasteiger partial charge in [0.1, 0.15) is 0 Å². The monoisotopic (exact) mass is 232 g/mol. The van der Waals surface area contributed by atoms with Crippen LogP contribution >= 0.6 is 11.8 Å². The molecule has 84 valence electrons. The van der Waals surface area contributed by atoms with E-state index in [9.17, 15) is 0 Å². The maximum absolute atomic E-state index is 5.72. The van der Waals surface area contributed by atoms with E-state index >= 15 is 0 Å². The van der Waals surface area contributed by atoms with Gasteiger partial charge in [0.25, 0.3) is 0 Å². The minimum Gasteiger partial charge on any atom is -0.327 e. The van der Waals surface area contributed by atoms with Gasteiger partial charge in [0.15, 0.2) is 0 Å². The number of benzene rings is 1. The van der Waals surface area contributed by atoms with Crippen molar-refractivity contribution in [1.29, 1.82) is 0 Å². The Kier molecular flexibility index (Phi) is 3.80. The lowest BCUT2D eigenvalue weighted by atomic mass is 10.1. The summed E-state index contributed by atoms with van der Waals surface area (Å²) in [6.45, 7) is 2.04. The van der Waals surface area contributed by atoms with Crippen LogP contribution in [0, 0.1) is 0 Å². The molecule has 1 atom stereocenters. The summed E-state index contributed by atoms with van der Waals surface area (Å²) in [6, 6.07) is 10.8. The number of hydrogen-bond acceptors (Lipinski definition) is 3. The lowest BCUT2D eigenvalue weighted by Crippen LogP contribution is -2.17. The van der Waals surface area contributed by atoms with Crippen molar-refractivity contribution >= 4 is 22.7 Å². The zero-order chi connectivity index (χ0) is 11.4. The third-order valence-electron chi connectivity index (χ3n) is 2.32. The van der Waals surface area contributed by atoms with E-state index in [0.717, 1.165) is 17.0 Å². The highest BCUT2D eigenvalue weighted by Gasteiger charge is 1.99. The van der Waals surface area contributed by atoms with Crippen LogP contribution in [0.1, 0.15) is 12.5 Å². The van der Waals surface area contributed by atoms with Crippen LogP contribution in [-0.4, -0.2) is 16.8 Å². The zero-order valence-electron chi connectivity index (χ0n) is 9.39. The van der Waals surface area contributed by atoms with Crippen LogP contribution in [0.15, 0.2) is 36.5 Å². The van der Waals surface area contributed by atoms with Crippen molar-refractivity contribution < 1.29 is 0 Å². The number of nitrogens with two attached hydrogens (primary N) is 1. The summed E-state index contributed by atoms with van der Waals surface area (Å²) in [7, 11) is 0. The van der Waals surface area contributed by atoms with Crippen molar-refractivity contribution in [2.24, 2.45) is 5.73 Å². The molecule has 0 saturated heterocycles. The molecule has 0 fully saturated rings. The minimum absolute atomic E-state index is 0.270. The second-order valence-electron chi connectivity index (χ2n) is 4.02. The van der Waals surface area contributed by atoms with E-state index in [1.165, 1.54) is 10.9 Å². The van der Waals surface area contributed by atoms with E-state index in [0.29, 0.717) is 0 Å². The molecule has 0 aliphatic heterocycles. The van der Waals surface area contributed by atoms with E-state index in [-0.39, 0.29) is 6.04 Å². The average molecular weight is 232 g/mol. The molecule has 0 saturated carbocycles. The van der Waals surface area contributed by atoms with Crippen molar-refractivity contribution in [1.82, 2.24) is 4.98 Å². The molecule has 2 rings (SSSR count).